The molecule has 0 spiro atoms. The van der Waals surface area contributed by atoms with Crippen molar-refractivity contribution in [2.45, 2.75) is 44.6 Å². The summed E-state index contributed by atoms with van der Waals surface area (Å²) in [7, 11) is 1.56. The number of carboxylic acids is 1. The molecule has 2 aromatic heterocycles. The van der Waals surface area contributed by atoms with Crippen molar-refractivity contribution >= 4 is 28.5 Å². The van der Waals surface area contributed by atoms with Gasteiger partial charge in [-0.15, -0.1) is 0 Å². The summed E-state index contributed by atoms with van der Waals surface area (Å²) in [5.74, 6) is -3.63. The van der Waals surface area contributed by atoms with Gasteiger partial charge in [0.05, 0.1) is 48.8 Å². The molecule has 12 nitrogen and oxygen atoms in total. The summed E-state index contributed by atoms with van der Waals surface area (Å²) in [5, 5.41) is 12.8. The molecule has 4 aromatic rings. The molecule has 1 fully saturated rings. The van der Waals surface area contributed by atoms with Gasteiger partial charge in [-0.2, -0.15) is 13.2 Å². The number of carbonyl (C=O) groups is 2. The van der Waals surface area contributed by atoms with Crippen LogP contribution in [0.2, 0.25) is 0 Å². The highest BCUT2D eigenvalue weighted by atomic mass is 19.4. The van der Waals surface area contributed by atoms with Crippen molar-refractivity contribution in [3.8, 4) is 5.69 Å². The number of carboxylic acid groups (broad SMARTS) is 1. The standard InChI is InChI=1S/C33H31F4N5O7/c1-17-12-19(41-9-11-49-16-26(41)33(35,36)37)14-22(34)27(17)29(43)39-23(31(45)46)13-18-5-6-25(28-20(18)4-3-8-38-28)42-30(44)21-15-48-10-7-24(21)40(2)32(42)47/h3-6,8,12,14,23,26H,7,9-11,13,15-16H2,1-2H3,(H,39,43)(H,45,46)/t23-,26+/m0/s1. The first-order valence-electron chi connectivity index (χ1n) is 15.3. The van der Waals surface area contributed by atoms with Gasteiger partial charge in [0.25, 0.3) is 11.5 Å². The van der Waals surface area contributed by atoms with Crippen LogP contribution >= 0.6 is 0 Å². The molecule has 1 saturated heterocycles. The van der Waals surface area contributed by atoms with Gasteiger partial charge in [0.1, 0.15) is 17.9 Å². The Hall–Kier alpha value is -5.09. The molecule has 0 saturated carbocycles. The van der Waals surface area contributed by atoms with E-state index in [4.69, 9.17) is 9.47 Å². The summed E-state index contributed by atoms with van der Waals surface area (Å²) in [6.45, 7) is 0.969. The minimum Gasteiger partial charge on any atom is -0.480 e. The third-order valence-electron chi connectivity index (χ3n) is 8.87. The molecule has 0 aliphatic carbocycles. The number of aryl methyl sites for hydroxylation is 1. The van der Waals surface area contributed by atoms with E-state index in [0.29, 0.717) is 35.2 Å². The molecule has 6 rings (SSSR count). The number of nitrogens with one attached hydrogen (secondary N) is 1. The first kappa shape index (κ1) is 33.8. The molecule has 4 heterocycles. The molecule has 2 atom stereocenters. The van der Waals surface area contributed by atoms with Crippen LogP contribution in [0.1, 0.15) is 32.7 Å². The highest BCUT2D eigenvalue weighted by molar-refractivity contribution is 5.99. The van der Waals surface area contributed by atoms with Gasteiger partial charge < -0.3 is 24.8 Å². The number of morpholine rings is 1. The van der Waals surface area contributed by atoms with Crippen LogP contribution in [0, 0.1) is 12.7 Å². The number of pyridine rings is 1. The molecule has 2 aromatic carbocycles. The van der Waals surface area contributed by atoms with Crippen molar-refractivity contribution in [3.63, 3.8) is 0 Å². The monoisotopic (exact) mass is 685 g/mol. The maximum absolute atomic E-state index is 15.4. The number of nitrogens with zero attached hydrogens (tertiary/aromatic N) is 4. The Morgan fingerprint density at radius 2 is 1.92 bits per heavy atom. The lowest BCUT2D eigenvalue weighted by molar-refractivity contribution is -0.167. The predicted octanol–water partition coefficient (Wildman–Crippen LogP) is 2.80. The number of fused-ring (bicyclic) bond motifs is 2. The summed E-state index contributed by atoms with van der Waals surface area (Å²) in [6, 6.07) is 4.68. The average Bonchev–Trinajstić information content (AvgIpc) is 3.07. The van der Waals surface area contributed by atoms with Crippen molar-refractivity contribution in [1.29, 1.82) is 0 Å². The van der Waals surface area contributed by atoms with Crippen LogP contribution in [-0.2, 0) is 40.8 Å². The molecule has 258 valence electrons. The van der Waals surface area contributed by atoms with E-state index < -0.39 is 59.4 Å². The average molecular weight is 686 g/mol. The van der Waals surface area contributed by atoms with Crippen LogP contribution in [0.25, 0.3) is 16.6 Å². The van der Waals surface area contributed by atoms with E-state index in [2.05, 4.69) is 10.3 Å². The van der Waals surface area contributed by atoms with E-state index in [-0.39, 0.29) is 48.6 Å². The third kappa shape index (κ3) is 6.28. The minimum absolute atomic E-state index is 0.00335. The topological polar surface area (TPSA) is 145 Å². The fourth-order valence-electron chi connectivity index (χ4n) is 6.42. The van der Waals surface area contributed by atoms with Crippen LogP contribution < -0.4 is 21.5 Å². The summed E-state index contributed by atoms with van der Waals surface area (Å²) >= 11 is 0. The summed E-state index contributed by atoms with van der Waals surface area (Å²) in [5.41, 5.74) is -0.0357. The van der Waals surface area contributed by atoms with Crippen molar-refractivity contribution in [2.24, 2.45) is 7.05 Å². The van der Waals surface area contributed by atoms with Gasteiger partial charge in [0, 0.05) is 49.4 Å². The Bertz CT molecular complexity index is 2070. The number of anilines is 1. The number of aromatic nitrogens is 3. The molecular formula is C33H31F4N5O7. The molecule has 0 unspecified atom stereocenters. The first-order valence-corrected chi connectivity index (χ1v) is 15.3. The summed E-state index contributed by atoms with van der Waals surface area (Å²) in [6.07, 6.45) is -3.09. The number of aliphatic carboxylic acids is 1. The lowest BCUT2D eigenvalue weighted by Crippen LogP contribution is -2.53. The van der Waals surface area contributed by atoms with E-state index in [1.54, 1.807) is 19.2 Å². The molecule has 1 amide bonds. The SMILES string of the molecule is Cc1cc(N2CCOC[C@@H]2C(F)(F)F)cc(F)c1C(=O)N[C@@H](Cc1ccc(-n2c(=O)c3c(n(C)c2=O)CCOC3)c2ncccc12)C(=O)O. The number of benzene rings is 2. The predicted molar refractivity (Wildman–Crippen MR) is 168 cm³/mol. The number of carbonyl (C=O) groups excluding carboxylic acids is 1. The van der Waals surface area contributed by atoms with E-state index in [1.165, 1.54) is 35.9 Å². The smallest absolute Gasteiger partial charge is 0.411 e. The first-order chi connectivity index (χ1) is 23.3. The molecular weight excluding hydrogens is 654 g/mol. The molecule has 16 heteroatoms. The maximum atomic E-state index is 15.4. The third-order valence-corrected chi connectivity index (χ3v) is 8.87. The Morgan fingerprint density at radius 1 is 1.14 bits per heavy atom. The second-order valence-corrected chi connectivity index (χ2v) is 11.9. The fraction of sp³-hybridized carbons (Fsp3) is 0.364. The summed E-state index contributed by atoms with van der Waals surface area (Å²) < 4.78 is 69.1. The highest BCUT2D eigenvalue weighted by Gasteiger charge is 2.45. The number of hydrogen-bond donors (Lipinski definition) is 2. The van der Waals surface area contributed by atoms with Crippen LogP contribution in [0.15, 0.2) is 52.2 Å². The summed E-state index contributed by atoms with van der Waals surface area (Å²) in [4.78, 5) is 57.9. The molecule has 2 aliphatic heterocycles. The second kappa shape index (κ2) is 13.1. The Balaban J connectivity index is 1.31. The van der Waals surface area contributed by atoms with Gasteiger partial charge >= 0.3 is 17.8 Å². The number of halogens is 4. The number of rotatable bonds is 7. The van der Waals surface area contributed by atoms with Crippen molar-refractivity contribution in [3.05, 3.63) is 97.2 Å². The maximum Gasteiger partial charge on any atom is 0.411 e. The molecule has 49 heavy (non-hydrogen) atoms. The van der Waals surface area contributed by atoms with Gasteiger partial charge in [-0.05, 0) is 42.3 Å². The Kier molecular flexibility index (Phi) is 9.02. The molecule has 2 aliphatic rings. The quantitative estimate of drug-likeness (QED) is 0.281. The van der Waals surface area contributed by atoms with Crippen molar-refractivity contribution < 1.29 is 41.7 Å². The zero-order chi connectivity index (χ0) is 35.2. The van der Waals surface area contributed by atoms with Crippen LogP contribution in [0.3, 0.4) is 0 Å². The van der Waals surface area contributed by atoms with Gasteiger partial charge in [0.2, 0.25) is 0 Å². The minimum atomic E-state index is -4.64. The van der Waals surface area contributed by atoms with E-state index >= 15 is 4.39 Å². The van der Waals surface area contributed by atoms with Gasteiger partial charge in [0.15, 0.2) is 0 Å². The van der Waals surface area contributed by atoms with Gasteiger partial charge in [-0.1, -0.05) is 12.1 Å². The van der Waals surface area contributed by atoms with E-state index in [9.17, 15) is 37.5 Å². The molecule has 2 N–H and O–H groups in total. The van der Waals surface area contributed by atoms with Crippen LogP contribution in [-0.4, -0.2) is 75.7 Å². The van der Waals surface area contributed by atoms with E-state index in [0.717, 1.165) is 15.5 Å². The molecule has 0 radical (unpaired) electrons. The number of hydrogen-bond acceptors (Lipinski definition) is 8. The Morgan fingerprint density at radius 3 is 2.63 bits per heavy atom. The van der Waals surface area contributed by atoms with Crippen molar-refractivity contribution in [1.82, 2.24) is 19.4 Å². The number of ether oxygens (including phenoxy) is 2. The molecule has 0 bridgehead atoms. The normalized spacial score (nSPS) is 17.1. The fourth-order valence-corrected chi connectivity index (χ4v) is 6.42. The second-order valence-electron chi connectivity index (χ2n) is 11.9. The van der Waals surface area contributed by atoms with Crippen molar-refractivity contribution in [2.75, 3.05) is 31.3 Å². The van der Waals surface area contributed by atoms with Crippen LogP contribution in [0.4, 0.5) is 23.2 Å². The lowest BCUT2D eigenvalue weighted by Gasteiger charge is -2.38. The lowest BCUT2D eigenvalue weighted by atomic mass is 9.99. The van der Waals surface area contributed by atoms with Gasteiger partial charge in [-0.25, -0.2) is 18.5 Å². The van der Waals surface area contributed by atoms with E-state index in [1.807, 2.05) is 0 Å². The largest absolute Gasteiger partial charge is 0.480 e. The highest BCUT2D eigenvalue weighted by Crippen LogP contribution is 2.33. The van der Waals surface area contributed by atoms with Crippen LogP contribution in [0.5, 0.6) is 0 Å². The Labute approximate surface area is 275 Å². The van der Waals surface area contributed by atoms with Gasteiger partial charge in [-0.3, -0.25) is 19.1 Å². The number of amides is 1. The zero-order valence-corrected chi connectivity index (χ0v) is 26.3. The number of alkyl halides is 3. The zero-order valence-electron chi connectivity index (χ0n) is 26.3.